The van der Waals surface area contributed by atoms with Crippen LogP contribution in [0.3, 0.4) is 0 Å². The fraction of sp³-hybridized carbons (Fsp3) is 0.444. The Kier molecular flexibility index (Phi) is 4.09. The molecule has 7 nitrogen and oxygen atoms in total. The first-order chi connectivity index (χ1) is 12.1. The third-order valence-corrected chi connectivity index (χ3v) is 4.65. The van der Waals surface area contributed by atoms with Gasteiger partial charge in [-0.15, -0.1) is 0 Å². The van der Waals surface area contributed by atoms with Crippen LogP contribution >= 0.6 is 0 Å². The first-order valence-electron chi connectivity index (χ1n) is 8.77. The largest absolute Gasteiger partial charge is 0.307 e. The Morgan fingerprint density at radius 2 is 2.20 bits per heavy atom. The minimum absolute atomic E-state index is 0.0414. The van der Waals surface area contributed by atoms with Gasteiger partial charge in [-0.05, 0) is 25.0 Å². The van der Waals surface area contributed by atoms with Crippen molar-refractivity contribution in [1.29, 1.82) is 0 Å². The Bertz CT molecular complexity index is 973. The van der Waals surface area contributed by atoms with Crippen LogP contribution in [0, 0.1) is 6.92 Å². The molecule has 0 saturated heterocycles. The molecule has 25 heavy (non-hydrogen) atoms. The summed E-state index contributed by atoms with van der Waals surface area (Å²) in [4.78, 5) is 21.4. The number of nitrogens with one attached hydrogen (secondary N) is 1. The van der Waals surface area contributed by atoms with E-state index in [1.165, 1.54) is 0 Å². The normalized spacial score (nSPS) is 17.0. The zero-order valence-electron chi connectivity index (χ0n) is 14.6. The van der Waals surface area contributed by atoms with Gasteiger partial charge in [0.1, 0.15) is 11.5 Å². The predicted molar refractivity (Wildman–Crippen MR) is 94.5 cm³/mol. The lowest BCUT2D eigenvalue weighted by Crippen LogP contribution is -2.37. The van der Waals surface area contributed by atoms with Crippen LogP contribution < -0.4 is 10.9 Å². The summed E-state index contributed by atoms with van der Waals surface area (Å²) < 4.78 is 3.60. The van der Waals surface area contributed by atoms with Crippen LogP contribution in [0.5, 0.6) is 0 Å². The summed E-state index contributed by atoms with van der Waals surface area (Å²) in [6, 6.07) is 5.78. The second-order valence-electron chi connectivity index (χ2n) is 6.62. The Morgan fingerprint density at radius 3 is 3.04 bits per heavy atom. The van der Waals surface area contributed by atoms with Gasteiger partial charge in [0.25, 0.3) is 5.56 Å². The summed E-state index contributed by atoms with van der Waals surface area (Å²) in [5.41, 5.74) is 2.46. The van der Waals surface area contributed by atoms with Gasteiger partial charge in [0.2, 0.25) is 0 Å². The molecule has 1 atom stereocenters. The lowest BCUT2D eigenvalue weighted by molar-refractivity contribution is 0.356. The molecule has 1 N–H and O–H groups in total. The highest BCUT2D eigenvalue weighted by molar-refractivity contribution is 5.39. The van der Waals surface area contributed by atoms with Crippen LogP contribution in [0.15, 0.2) is 29.2 Å². The molecule has 0 radical (unpaired) electrons. The number of nitrogens with zero attached hydrogens (tertiary/aromatic N) is 5. The van der Waals surface area contributed by atoms with Gasteiger partial charge in [0.15, 0.2) is 5.82 Å². The minimum atomic E-state index is -0.0414. The molecule has 0 saturated carbocycles. The molecule has 0 unspecified atom stereocenters. The molecule has 130 valence electrons. The lowest BCUT2D eigenvalue weighted by Gasteiger charge is -2.23. The minimum Gasteiger partial charge on any atom is -0.307 e. The van der Waals surface area contributed by atoms with Crippen molar-refractivity contribution in [3.05, 3.63) is 57.7 Å². The third-order valence-electron chi connectivity index (χ3n) is 4.65. The second kappa shape index (κ2) is 6.40. The van der Waals surface area contributed by atoms with E-state index in [1.54, 1.807) is 10.5 Å². The van der Waals surface area contributed by atoms with E-state index >= 15 is 0 Å². The van der Waals surface area contributed by atoms with Crippen LogP contribution in [-0.4, -0.2) is 30.2 Å². The van der Waals surface area contributed by atoms with Crippen molar-refractivity contribution in [3.63, 3.8) is 0 Å². The number of pyridine rings is 1. The monoisotopic (exact) mass is 338 g/mol. The van der Waals surface area contributed by atoms with Gasteiger partial charge in [0, 0.05) is 37.7 Å². The van der Waals surface area contributed by atoms with E-state index in [0.29, 0.717) is 18.2 Å². The molecule has 0 aromatic carbocycles. The molecule has 1 aliphatic rings. The summed E-state index contributed by atoms with van der Waals surface area (Å²) >= 11 is 0. The molecule has 4 heterocycles. The maximum Gasteiger partial charge on any atom is 0.258 e. The summed E-state index contributed by atoms with van der Waals surface area (Å²) in [6.45, 7) is 5.43. The van der Waals surface area contributed by atoms with E-state index in [4.69, 9.17) is 0 Å². The number of hydrogen-bond donors (Lipinski definition) is 1. The van der Waals surface area contributed by atoms with Gasteiger partial charge in [-0.1, -0.05) is 13.0 Å². The van der Waals surface area contributed by atoms with Gasteiger partial charge in [-0.3, -0.25) is 9.20 Å². The van der Waals surface area contributed by atoms with Crippen molar-refractivity contribution in [3.8, 4) is 0 Å². The first-order valence-corrected chi connectivity index (χ1v) is 8.77. The number of aryl methyl sites for hydroxylation is 3. The fourth-order valence-electron chi connectivity index (χ4n) is 3.27. The van der Waals surface area contributed by atoms with Crippen LogP contribution in [0.1, 0.15) is 36.3 Å². The molecule has 0 spiro atoms. The van der Waals surface area contributed by atoms with Gasteiger partial charge < -0.3 is 5.32 Å². The van der Waals surface area contributed by atoms with Crippen molar-refractivity contribution < 1.29 is 0 Å². The standard InChI is InChI=1S/C18H22N6O/c1-3-15-21-17-7-5-13(11-24(17)22-15)19-9-14-8-18(25)23-10-12(2)4-6-16(23)20-14/h4,6,8,10,13,19H,3,5,7,9,11H2,1-2H3/t13-/m1/s1. The Hall–Kier alpha value is -2.54. The SMILES string of the molecule is CCc1nc2n(n1)C[C@H](NCc1cc(=O)n3cc(C)ccc3n1)CC2. The van der Waals surface area contributed by atoms with E-state index in [2.05, 4.69) is 27.3 Å². The topological polar surface area (TPSA) is 77.1 Å². The van der Waals surface area contributed by atoms with Crippen LogP contribution in [0.25, 0.3) is 5.65 Å². The summed E-state index contributed by atoms with van der Waals surface area (Å²) in [5.74, 6) is 1.99. The highest BCUT2D eigenvalue weighted by atomic mass is 16.1. The zero-order valence-corrected chi connectivity index (χ0v) is 14.6. The van der Waals surface area contributed by atoms with Gasteiger partial charge in [-0.25, -0.2) is 14.6 Å². The van der Waals surface area contributed by atoms with Crippen molar-refractivity contribution >= 4 is 5.65 Å². The van der Waals surface area contributed by atoms with Crippen LogP contribution in [-0.2, 0) is 25.9 Å². The van der Waals surface area contributed by atoms with Crippen LogP contribution in [0.4, 0.5) is 0 Å². The quantitative estimate of drug-likeness (QED) is 0.775. The van der Waals surface area contributed by atoms with E-state index < -0.39 is 0 Å². The van der Waals surface area contributed by atoms with Crippen LogP contribution in [0.2, 0.25) is 0 Å². The summed E-state index contributed by atoms with van der Waals surface area (Å²) in [6.07, 6.45) is 4.63. The average Bonchev–Trinajstić information content (AvgIpc) is 3.03. The highest BCUT2D eigenvalue weighted by Crippen LogP contribution is 2.14. The van der Waals surface area contributed by atoms with Crippen molar-refractivity contribution in [1.82, 2.24) is 29.5 Å². The highest BCUT2D eigenvalue weighted by Gasteiger charge is 2.21. The zero-order chi connectivity index (χ0) is 17.4. The molecule has 3 aromatic heterocycles. The maximum atomic E-state index is 12.3. The molecule has 0 aliphatic carbocycles. The van der Waals surface area contributed by atoms with Crippen molar-refractivity contribution in [2.75, 3.05) is 0 Å². The summed E-state index contributed by atoms with van der Waals surface area (Å²) in [5, 5.41) is 8.04. The first kappa shape index (κ1) is 16.0. The Morgan fingerprint density at radius 1 is 1.32 bits per heavy atom. The molecule has 1 aliphatic heterocycles. The van der Waals surface area contributed by atoms with E-state index in [1.807, 2.05) is 29.9 Å². The smallest absolute Gasteiger partial charge is 0.258 e. The molecule has 4 rings (SSSR count). The third kappa shape index (κ3) is 3.19. The molecule has 0 amide bonds. The number of aromatic nitrogens is 5. The van der Waals surface area contributed by atoms with Gasteiger partial charge in [0.05, 0.1) is 12.2 Å². The van der Waals surface area contributed by atoms with Crippen molar-refractivity contribution in [2.45, 2.75) is 52.2 Å². The van der Waals surface area contributed by atoms with E-state index in [9.17, 15) is 4.79 Å². The summed E-state index contributed by atoms with van der Waals surface area (Å²) in [7, 11) is 0. The van der Waals surface area contributed by atoms with E-state index in [-0.39, 0.29) is 5.56 Å². The molecule has 0 bridgehead atoms. The van der Waals surface area contributed by atoms with Gasteiger partial charge >= 0.3 is 0 Å². The lowest BCUT2D eigenvalue weighted by atomic mass is 10.1. The predicted octanol–water partition coefficient (Wildman–Crippen LogP) is 1.26. The molecule has 0 fully saturated rings. The molecule has 3 aromatic rings. The van der Waals surface area contributed by atoms with E-state index in [0.717, 1.165) is 48.7 Å². The maximum absolute atomic E-state index is 12.3. The van der Waals surface area contributed by atoms with Gasteiger partial charge in [-0.2, -0.15) is 5.10 Å². The fourth-order valence-corrected chi connectivity index (χ4v) is 3.27. The number of fused-ring (bicyclic) bond motifs is 2. The average molecular weight is 338 g/mol. The molecular weight excluding hydrogens is 316 g/mol. The molecule has 7 heteroatoms. The Labute approximate surface area is 145 Å². The Balaban J connectivity index is 1.47. The second-order valence-corrected chi connectivity index (χ2v) is 6.62. The number of rotatable bonds is 4. The van der Waals surface area contributed by atoms with Crippen molar-refractivity contribution in [2.24, 2.45) is 0 Å². The molecular formula is C18H22N6O. The number of hydrogen-bond acceptors (Lipinski definition) is 5.